The van der Waals surface area contributed by atoms with Gasteiger partial charge in [-0.25, -0.2) is 0 Å². The number of amides is 1. The Kier molecular flexibility index (Phi) is 5.30. The summed E-state index contributed by atoms with van der Waals surface area (Å²) >= 11 is 0. The predicted octanol–water partition coefficient (Wildman–Crippen LogP) is 3.10. The van der Waals surface area contributed by atoms with Crippen molar-refractivity contribution in [2.75, 3.05) is 11.9 Å². The summed E-state index contributed by atoms with van der Waals surface area (Å²) in [5.74, 6) is -0.508. The van der Waals surface area contributed by atoms with Gasteiger partial charge >= 0.3 is 0 Å². The van der Waals surface area contributed by atoms with Crippen LogP contribution in [0.4, 0.5) is 5.69 Å². The minimum atomic E-state index is -0.462. The van der Waals surface area contributed by atoms with Crippen LogP contribution in [0.1, 0.15) is 28.5 Å². The SMILES string of the molecule is CC(=O)COc1c(C(=O)Nc2ccc(C)cc2)nnn1-c1ccc(C)cc1. The number of nitrogens with one attached hydrogen (secondary N) is 1. The van der Waals surface area contributed by atoms with Gasteiger partial charge in [-0.1, -0.05) is 40.6 Å². The van der Waals surface area contributed by atoms with Crippen LogP contribution < -0.4 is 10.1 Å². The van der Waals surface area contributed by atoms with E-state index in [0.717, 1.165) is 11.1 Å². The molecule has 0 saturated carbocycles. The third-order valence-corrected chi connectivity index (χ3v) is 3.84. The summed E-state index contributed by atoms with van der Waals surface area (Å²) in [6, 6.07) is 14.9. The van der Waals surface area contributed by atoms with Crippen LogP contribution in [-0.4, -0.2) is 33.3 Å². The maximum atomic E-state index is 12.7. The van der Waals surface area contributed by atoms with Crippen molar-refractivity contribution >= 4 is 17.4 Å². The molecule has 2 aromatic carbocycles. The molecular weight excluding hydrogens is 344 g/mol. The standard InChI is InChI=1S/C20H20N4O3/c1-13-4-8-16(9-5-13)21-19(26)18-20(27-12-15(3)25)24(23-22-18)17-10-6-14(2)7-11-17/h4-11H,12H2,1-3H3,(H,21,26). The summed E-state index contributed by atoms with van der Waals surface area (Å²) in [5, 5.41) is 10.8. The molecule has 0 unspecified atom stereocenters. The van der Waals surface area contributed by atoms with Crippen molar-refractivity contribution in [2.24, 2.45) is 0 Å². The van der Waals surface area contributed by atoms with Crippen molar-refractivity contribution in [1.29, 1.82) is 0 Å². The largest absolute Gasteiger partial charge is 0.468 e. The Morgan fingerprint density at radius 3 is 2.19 bits per heavy atom. The molecule has 27 heavy (non-hydrogen) atoms. The van der Waals surface area contributed by atoms with Crippen molar-refractivity contribution in [3.05, 3.63) is 65.4 Å². The highest BCUT2D eigenvalue weighted by Crippen LogP contribution is 2.22. The summed E-state index contributed by atoms with van der Waals surface area (Å²) in [4.78, 5) is 24.0. The number of aromatic nitrogens is 3. The summed E-state index contributed by atoms with van der Waals surface area (Å²) in [6.07, 6.45) is 0. The molecule has 0 fully saturated rings. The van der Waals surface area contributed by atoms with Crippen molar-refractivity contribution < 1.29 is 14.3 Å². The fourth-order valence-electron chi connectivity index (χ4n) is 2.40. The number of benzene rings is 2. The summed E-state index contributed by atoms with van der Waals surface area (Å²) in [6.45, 7) is 5.17. The van der Waals surface area contributed by atoms with Gasteiger partial charge in [0.05, 0.1) is 5.69 Å². The molecule has 0 atom stereocenters. The Bertz CT molecular complexity index is 960. The lowest BCUT2D eigenvalue weighted by atomic mass is 10.2. The Morgan fingerprint density at radius 2 is 1.59 bits per heavy atom. The van der Waals surface area contributed by atoms with E-state index in [1.54, 1.807) is 12.1 Å². The maximum Gasteiger partial charge on any atom is 0.281 e. The molecule has 0 radical (unpaired) electrons. The topological polar surface area (TPSA) is 86.1 Å². The average Bonchev–Trinajstić information content (AvgIpc) is 3.06. The fraction of sp³-hybridized carbons (Fsp3) is 0.200. The van der Waals surface area contributed by atoms with Gasteiger partial charge in [-0.05, 0) is 45.0 Å². The third-order valence-electron chi connectivity index (χ3n) is 3.84. The molecule has 0 saturated heterocycles. The first-order valence-electron chi connectivity index (χ1n) is 8.47. The predicted molar refractivity (Wildman–Crippen MR) is 101 cm³/mol. The van der Waals surface area contributed by atoms with Gasteiger partial charge in [-0.3, -0.25) is 9.59 Å². The summed E-state index contributed by atoms with van der Waals surface area (Å²) in [7, 11) is 0. The summed E-state index contributed by atoms with van der Waals surface area (Å²) in [5.41, 5.74) is 3.50. The molecule has 7 nitrogen and oxygen atoms in total. The van der Waals surface area contributed by atoms with Crippen molar-refractivity contribution in [3.8, 4) is 11.6 Å². The Labute approximate surface area is 157 Å². The minimum absolute atomic E-state index is 0.0115. The third kappa shape index (κ3) is 4.38. The second-order valence-electron chi connectivity index (χ2n) is 6.30. The van der Waals surface area contributed by atoms with Crippen LogP contribution in [0.2, 0.25) is 0 Å². The average molecular weight is 364 g/mol. The molecular formula is C20H20N4O3. The molecule has 0 bridgehead atoms. The van der Waals surface area contributed by atoms with Gasteiger partial charge in [0, 0.05) is 5.69 Å². The molecule has 0 aliphatic rings. The van der Waals surface area contributed by atoms with Crippen molar-refractivity contribution in [2.45, 2.75) is 20.8 Å². The van der Waals surface area contributed by atoms with Gasteiger partial charge in [0.25, 0.3) is 11.8 Å². The summed E-state index contributed by atoms with van der Waals surface area (Å²) < 4.78 is 6.97. The smallest absolute Gasteiger partial charge is 0.281 e. The minimum Gasteiger partial charge on any atom is -0.468 e. The van der Waals surface area contributed by atoms with E-state index < -0.39 is 5.91 Å². The lowest BCUT2D eigenvalue weighted by Crippen LogP contribution is -2.16. The second-order valence-corrected chi connectivity index (χ2v) is 6.30. The number of rotatable bonds is 6. The fourth-order valence-corrected chi connectivity index (χ4v) is 2.40. The van der Waals surface area contributed by atoms with E-state index in [9.17, 15) is 9.59 Å². The first-order chi connectivity index (χ1) is 12.9. The van der Waals surface area contributed by atoms with Gasteiger partial charge in [-0.15, -0.1) is 5.10 Å². The number of ether oxygens (including phenoxy) is 1. The number of carbonyl (C=O) groups excluding carboxylic acids is 2. The van der Waals surface area contributed by atoms with Crippen LogP contribution in [-0.2, 0) is 4.79 Å². The quantitative estimate of drug-likeness (QED) is 0.726. The number of anilines is 1. The van der Waals surface area contributed by atoms with Gasteiger partial charge in [0.1, 0.15) is 6.61 Å². The zero-order chi connectivity index (χ0) is 19.4. The first-order valence-corrected chi connectivity index (χ1v) is 8.47. The zero-order valence-corrected chi connectivity index (χ0v) is 15.4. The highest BCUT2D eigenvalue weighted by molar-refractivity contribution is 6.04. The normalized spacial score (nSPS) is 10.5. The van der Waals surface area contributed by atoms with Crippen LogP contribution in [0.25, 0.3) is 5.69 Å². The van der Waals surface area contributed by atoms with Crippen LogP contribution in [0.15, 0.2) is 48.5 Å². The van der Waals surface area contributed by atoms with Gasteiger partial charge < -0.3 is 10.1 Å². The molecule has 0 aliphatic carbocycles. The molecule has 1 aromatic heterocycles. The Morgan fingerprint density at radius 1 is 1.00 bits per heavy atom. The van der Waals surface area contributed by atoms with E-state index in [4.69, 9.17) is 4.74 Å². The van der Waals surface area contributed by atoms with E-state index in [1.807, 2.05) is 50.2 Å². The van der Waals surface area contributed by atoms with Crippen molar-refractivity contribution in [1.82, 2.24) is 15.0 Å². The van der Waals surface area contributed by atoms with Crippen LogP contribution in [0, 0.1) is 13.8 Å². The number of hydrogen-bond donors (Lipinski definition) is 1. The Balaban J connectivity index is 1.93. The van der Waals surface area contributed by atoms with Gasteiger partial charge in [-0.2, -0.15) is 4.68 Å². The second kappa shape index (κ2) is 7.82. The number of ketones is 1. The number of Topliss-reactive ketones (excluding diaryl/α,β-unsaturated/α-hetero) is 1. The number of nitrogens with zero attached hydrogens (tertiary/aromatic N) is 3. The van der Waals surface area contributed by atoms with E-state index in [-0.39, 0.29) is 24.0 Å². The highest BCUT2D eigenvalue weighted by Gasteiger charge is 2.23. The van der Waals surface area contributed by atoms with E-state index in [1.165, 1.54) is 11.6 Å². The van der Waals surface area contributed by atoms with E-state index in [2.05, 4.69) is 15.6 Å². The molecule has 1 N–H and O–H groups in total. The van der Waals surface area contributed by atoms with Gasteiger partial charge in [0.15, 0.2) is 5.78 Å². The molecule has 1 amide bonds. The molecule has 138 valence electrons. The maximum absolute atomic E-state index is 12.7. The van der Waals surface area contributed by atoms with Gasteiger partial charge in [0.2, 0.25) is 5.69 Å². The first kappa shape index (κ1) is 18.3. The van der Waals surface area contributed by atoms with Crippen LogP contribution in [0.3, 0.4) is 0 Å². The van der Waals surface area contributed by atoms with Crippen LogP contribution >= 0.6 is 0 Å². The van der Waals surface area contributed by atoms with E-state index >= 15 is 0 Å². The van der Waals surface area contributed by atoms with Crippen LogP contribution in [0.5, 0.6) is 5.88 Å². The lowest BCUT2D eigenvalue weighted by Gasteiger charge is -2.09. The Hall–Kier alpha value is -3.48. The zero-order valence-electron chi connectivity index (χ0n) is 15.4. The number of hydrogen-bond acceptors (Lipinski definition) is 5. The monoisotopic (exact) mass is 364 g/mol. The lowest BCUT2D eigenvalue weighted by molar-refractivity contribution is -0.119. The number of carbonyl (C=O) groups is 2. The molecule has 3 aromatic rings. The molecule has 1 heterocycles. The highest BCUT2D eigenvalue weighted by atomic mass is 16.5. The number of aryl methyl sites for hydroxylation is 2. The van der Waals surface area contributed by atoms with Crippen molar-refractivity contribution in [3.63, 3.8) is 0 Å². The molecule has 0 spiro atoms. The molecule has 3 rings (SSSR count). The molecule has 7 heteroatoms. The van der Waals surface area contributed by atoms with E-state index in [0.29, 0.717) is 11.4 Å². The molecule has 0 aliphatic heterocycles.